The van der Waals surface area contributed by atoms with Gasteiger partial charge in [-0.3, -0.25) is 4.79 Å². The molecule has 0 aliphatic carbocycles. The van der Waals surface area contributed by atoms with E-state index in [2.05, 4.69) is 22.6 Å². The number of aliphatic hydroxyl groups is 1. The van der Waals surface area contributed by atoms with Crippen molar-refractivity contribution in [2.45, 2.75) is 37.5 Å². The van der Waals surface area contributed by atoms with E-state index in [1.807, 2.05) is 49.4 Å². The van der Waals surface area contributed by atoms with Gasteiger partial charge in [-0.05, 0) is 109 Å². The summed E-state index contributed by atoms with van der Waals surface area (Å²) in [7, 11) is 0. The van der Waals surface area contributed by atoms with Crippen molar-refractivity contribution >= 4 is 39.5 Å². The Morgan fingerprint density at radius 1 is 1.08 bits per heavy atom. The highest BCUT2D eigenvalue weighted by atomic mass is 127. The van der Waals surface area contributed by atoms with Crippen LogP contribution in [0, 0.1) is 10.5 Å². The Kier molecular flexibility index (Phi) is 8.78. The predicted molar refractivity (Wildman–Crippen MR) is 112 cm³/mol. The summed E-state index contributed by atoms with van der Waals surface area (Å²) in [6.45, 7) is 2.96. The minimum Gasteiger partial charge on any atom is -0.494 e. The zero-order chi connectivity index (χ0) is 18.1. The third kappa shape index (κ3) is 6.99. The molecule has 2 aromatic rings. The summed E-state index contributed by atoms with van der Waals surface area (Å²) < 4.78 is 6.87. The van der Waals surface area contributed by atoms with Crippen LogP contribution >= 0.6 is 34.4 Å². The molecule has 0 spiro atoms. The fraction of sp³-hybridized carbons (Fsp3) is 0.350. The Bertz CT molecular complexity index is 686. The molecule has 0 saturated heterocycles. The molecule has 0 heterocycles. The number of ether oxygens (including phenoxy) is 1. The molecule has 0 radical (unpaired) electrons. The Morgan fingerprint density at radius 3 is 2.48 bits per heavy atom. The maximum Gasteiger partial charge on any atom is 0.224 e. The maximum absolute atomic E-state index is 12.4. The van der Waals surface area contributed by atoms with Crippen molar-refractivity contribution in [3.8, 4) is 5.75 Å². The van der Waals surface area contributed by atoms with Gasteiger partial charge in [-0.1, -0.05) is 6.42 Å². The van der Waals surface area contributed by atoms with Crippen LogP contribution in [0.3, 0.4) is 0 Å². The standard InChI is InChI=1S/C20H23IO3S/c1-15-14-16(6-11-19(15)21)20(23)25-18-9-7-17(8-10-18)24-13-5-3-2-4-12-22/h6-11,14,22H,2-5,12-13H2,1H3. The Hall–Kier alpha value is -1.05. The van der Waals surface area contributed by atoms with Gasteiger partial charge in [-0.2, -0.15) is 0 Å². The second-order valence-electron chi connectivity index (χ2n) is 5.81. The van der Waals surface area contributed by atoms with Crippen LogP contribution in [0.1, 0.15) is 41.6 Å². The lowest BCUT2D eigenvalue weighted by atomic mass is 10.2. The first-order valence-electron chi connectivity index (χ1n) is 8.42. The first-order valence-corrected chi connectivity index (χ1v) is 10.3. The average Bonchev–Trinajstić information content (AvgIpc) is 2.61. The number of hydrogen-bond donors (Lipinski definition) is 1. The minimum atomic E-state index is 0.0528. The topological polar surface area (TPSA) is 46.5 Å². The number of carbonyl (C=O) groups excluding carboxylic acids is 1. The van der Waals surface area contributed by atoms with Gasteiger partial charge in [0.1, 0.15) is 5.75 Å². The lowest BCUT2D eigenvalue weighted by Crippen LogP contribution is -1.98. The van der Waals surface area contributed by atoms with Gasteiger partial charge in [0.05, 0.1) is 6.61 Å². The van der Waals surface area contributed by atoms with Crippen LogP contribution in [-0.4, -0.2) is 23.4 Å². The first kappa shape index (κ1) is 20.3. The van der Waals surface area contributed by atoms with E-state index in [1.165, 1.54) is 11.8 Å². The van der Waals surface area contributed by atoms with E-state index in [1.54, 1.807) is 0 Å². The van der Waals surface area contributed by atoms with Gasteiger partial charge in [-0.25, -0.2) is 0 Å². The summed E-state index contributed by atoms with van der Waals surface area (Å²) in [6.07, 6.45) is 3.95. The van der Waals surface area contributed by atoms with Crippen LogP contribution < -0.4 is 4.74 Å². The molecule has 0 aliphatic heterocycles. The van der Waals surface area contributed by atoms with Gasteiger partial charge in [-0.15, -0.1) is 0 Å². The summed E-state index contributed by atoms with van der Waals surface area (Å²) >= 11 is 3.51. The number of aliphatic hydroxyl groups excluding tert-OH is 1. The van der Waals surface area contributed by atoms with Crippen molar-refractivity contribution in [1.29, 1.82) is 0 Å². The zero-order valence-corrected chi connectivity index (χ0v) is 17.3. The molecule has 0 aromatic heterocycles. The normalized spacial score (nSPS) is 10.7. The van der Waals surface area contributed by atoms with Crippen molar-refractivity contribution in [2.24, 2.45) is 0 Å². The second-order valence-corrected chi connectivity index (χ2v) is 8.02. The predicted octanol–water partition coefficient (Wildman–Crippen LogP) is 5.46. The SMILES string of the molecule is Cc1cc(C(=O)Sc2ccc(OCCCCCCO)cc2)ccc1I. The molecule has 5 heteroatoms. The molecular formula is C20H23IO3S. The van der Waals surface area contributed by atoms with Crippen molar-refractivity contribution < 1.29 is 14.6 Å². The monoisotopic (exact) mass is 470 g/mol. The molecule has 0 saturated carbocycles. The quantitative estimate of drug-likeness (QED) is 0.300. The lowest BCUT2D eigenvalue weighted by molar-refractivity contribution is 0.108. The van der Waals surface area contributed by atoms with Crippen molar-refractivity contribution in [1.82, 2.24) is 0 Å². The van der Waals surface area contributed by atoms with Crippen LogP contribution in [0.5, 0.6) is 5.75 Å². The second kappa shape index (κ2) is 10.8. The van der Waals surface area contributed by atoms with E-state index < -0.39 is 0 Å². The Labute approximate surface area is 167 Å². The van der Waals surface area contributed by atoms with Gasteiger partial charge >= 0.3 is 0 Å². The average molecular weight is 470 g/mol. The van der Waals surface area contributed by atoms with Gasteiger partial charge in [0, 0.05) is 20.6 Å². The number of hydrogen-bond acceptors (Lipinski definition) is 4. The molecule has 1 N–H and O–H groups in total. The van der Waals surface area contributed by atoms with E-state index >= 15 is 0 Å². The highest BCUT2D eigenvalue weighted by molar-refractivity contribution is 14.1. The molecule has 0 amide bonds. The van der Waals surface area contributed by atoms with E-state index in [4.69, 9.17) is 9.84 Å². The molecule has 0 unspecified atom stereocenters. The molecule has 0 fully saturated rings. The summed E-state index contributed by atoms with van der Waals surface area (Å²) in [6, 6.07) is 13.4. The van der Waals surface area contributed by atoms with E-state index in [9.17, 15) is 4.79 Å². The van der Waals surface area contributed by atoms with E-state index in [-0.39, 0.29) is 11.7 Å². The highest BCUT2D eigenvalue weighted by Crippen LogP contribution is 2.26. The Morgan fingerprint density at radius 2 is 1.80 bits per heavy atom. The number of halogens is 1. The number of benzene rings is 2. The zero-order valence-electron chi connectivity index (χ0n) is 14.3. The lowest BCUT2D eigenvalue weighted by Gasteiger charge is -2.07. The van der Waals surface area contributed by atoms with Crippen molar-refractivity contribution in [2.75, 3.05) is 13.2 Å². The third-order valence-corrected chi connectivity index (χ3v) is 5.89. The largest absolute Gasteiger partial charge is 0.494 e. The summed E-state index contributed by atoms with van der Waals surface area (Å²) in [5.41, 5.74) is 1.85. The number of thioether (sulfide) groups is 1. The Balaban J connectivity index is 1.81. The van der Waals surface area contributed by atoms with Crippen LogP contribution in [0.4, 0.5) is 0 Å². The van der Waals surface area contributed by atoms with E-state index in [0.29, 0.717) is 6.61 Å². The maximum atomic E-state index is 12.4. The molecule has 25 heavy (non-hydrogen) atoms. The molecule has 2 aromatic carbocycles. The molecule has 0 atom stereocenters. The molecule has 0 aliphatic rings. The minimum absolute atomic E-state index is 0.0528. The van der Waals surface area contributed by atoms with Crippen LogP contribution in [-0.2, 0) is 0 Å². The number of carbonyl (C=O) groups is 1. The van der Waals surface area contributed by atoms with Crippen molar-refractivity contribution in [3.63, 3.8) is 0 Å². The van der Waals surface area contributed by atoms with Gasteiger partial charge in [0.2, 0.25) is 5.12 Å². The van der Waals surface area contributed by atoms with Crippen LogP contribution in [0.15, 0.2) is 47.4 Å². The van der Waals surface area contributed by atoms with E-state index in [0.717, 1.165) is 51.0 Å². The van der Waals surface area contributed by atoms with Crippen LogP contribution in [0.25, 0.3) is 0 Å². The highest BCUT2D eigenvalue weighted by Gasteiger charge is 2.09. The molecule has 134 valence electrons. The third-order valence-electron chi connectivity index (χ3n) is 3.75. The summed E-state index contributed by atoms with van der Waals surface area (Å²) in [5, 5.41) is 8.78. The van der Waals surface area contributed by atoms with Crippen molar-refractivity contribution in [3.05, 3.63) is 57.2 Å². The number of aryl methyl sites for hydroxylation is 1. The fourth-order valence-corrected chi connectivity index (χ4v) is 3.37. The number of rotatable bonds is 9. The van der Waals surface area contributed by atoms with Gasteiger partial charge < -0.3 is 9.84 Å². The fourth-order valence-electron chi connectivity index (χ4n) is 2.30. The molecule has 0 bridgehead atoms. The summed E-state index contributed by atoms with van der Waals surface area (Å²) in [5.74, 6) is 0.823. The van der Waals surface area contributed by atoms with Gasteiger partial charge in [0.15, 0.2) is 0 Å². The van der Waals surface area contributed by atoms with Gasteiger partial charge in [0.25, 0.3) is 0 Å². The number of unbranched alkanes of at least 4 members (excludes halogenated alkanes) is 3. The molecule has 3 nitrogen and oxygen atoms in total. The van der Waals surface area contributed by atoms with Crippen LogP contribution in [0.2, 0.25) is 0 Å². The molecular weight excluding hydrogens is 447 g/mol. The summed E-state index contributed by atoms with van der Waals surface area (Å²) in [4.78, 5) is 13.3. The molecule has 2 rings (SSSR count). The first-order chi connectivity index (χ1) is 12.1. The smallest absolute Gasteiger partial charge is 0.224 e.